The van der Waals surface area contributed by atoms with Crippen molar-refractivity contribution in [1.29, 1.82) is 0 Å². The molecule has 0 radical (unpaired) electrons. The zero-order valence-corrected chi connectivity index (χ0v) is 17.5. The summed E-state index contributed by atoms with van der Waals surface area (Å²) in [5.41, 5.74) is 1.56. The van der Waals surface area contributed by atoms with Crippen molar-refractivity contribution in [3.05, 3.63) is 36.2 Å². The van der Waals surface area contributed by atoms with Gasteiger partial charge in [-0.1, -0.05) is 0 Å². The van der Waals surface area contributed by atoms with Gasteiger partial charge in [-0.25, -0.2) is 4.98 Å². The van der Waals surface area contributed by atoms with Crippen molar-refractivity contribution in [2.75, 3.05) is 24.7 Å². The predicted octanol–water partition coefficient (Wildman–Crippen LogP) is 3.47. The van der Waals surface area contributed by atoms with E-state index >= 15 is 0 Å². The van der Waals surface area contributed by atoms with Gasteiger partial charge in [0.2, 0.25) is 5.91 Å². The molecule has 4 rings (SSSR count). The van der Waals surface area contributed by atoms with Crippen LogP contribution >= 0.6 is 0 Å². The fraction of sp³-hybridized carbons (Fsp3) is 0.364. The molecule has 0 spiro atoms. The van der Waals surface area contributed by atoms with Crippen molar-refractivity contribution in [3.8, 4) is 5.75 Å². The number of benzene rings is 1. The van der Waals surface area contributed by atoms with Gasteiger partial charge in [0.05, 0.1) is 30.2 Å². The predicted molar refractivity (Wildman–Crippen MR) is 119 cm³/mol. The Morgan fingerprint density at radius 1 is 1.26 bits per heavy atom. The summed E-state index contributed by atoms with van der Waals surface area (Å²) in [5.74, 6) is -0.251. The molecule has 2 aromatic heterocycles. The Labute approximate surface area is 184 Å². The maximum atomic E-state index is 12.7. The van der Waals surface area contributed by atoms with Crippen LogP contribution in [0.15, 0.2) is 30.6 Å². The average Bonchev–Trinajstić information content (AvgIpc) is 3.51. The van der Waals surface area contributed by atoms with E-state index in [-0.39, 0.29) is 34.9 Å². The number of aromatic nitrogens is 3. The minimum absolute atomic E-state index is 0.0000585. The third-order valence-electron chi connectivity index (χ3n) is 5.14. The number of pyridine rings is 1. The van der Waals surface area contributed by atoms with E-state index in [0.717, 1.165) is 23.7 Å². The van der Waals surface area contributed by atoms with Gasteiger partial charge in [-0.2, -0.15) is 5.10 Å². The summed E-state index contributed by atoms with van der Waals surface area (Å²) in [7, 11) is 1.54. The zero-order valence-electron chi connectivity index (χ0n) is 20.5. The lowest BCUT2D eigenvalue weighted by Gasteiger charge is -2.17. The highest BCUT2D eigenvalue weighted by atomic mass is 16.5. The summed E-state index contributed by atoms with van der Waals surface area (Å²) in [5, 5.41) is 13.2. The van der Waals surface area contributed by atoms with Crippen LogP contribution in [0.25, 0.3) is 10.9 Å². The monoisotopic (exact) mass is 425 g/mol. The van der Waals surface area contributed by atoms with E-state index in [4.69, 9.17) is 8.85 Å². The van der Waals surface area contributed by atoms with Gasteiger partial charge in [0.25, 0.3) is 5.91 Å². The van der Waals surface area contributed by atoms with Gasteiger partial charge in [-0.05, 0) is 38.8 Å². The van der Waals surface area contributed by atoms with Gasteiger partial charge >= 0.3 is 0 Å². The van der Waals surface area contributed by atoms with Crippen molar-refractivity contribution < 1.29 is 18.4 Å². The molecule has 1 aromatic carbocycles. The van der Waals surface area contributed by atoms with Gasteiger partial charge in [0.1, 0.15) is 11.3 Å². The third-order valence-corrected chi connectivity index (χ3v) is 5.14. The second kappa shape index (κ2) is 8.25. The molecular formula is C22H26N6O3. The number of nitrogens with one attached hydrogen (secondary N) is 3. The quantitative estimate of drug-likeness (QED) is 0.535. The van der Waals surface area contributed by atoms with Crippen LogP contribution in [-0.2, 0) is 4.79 Å². The number of amides is 2. The molecule has 9 heteroatoms. The summed E-state index contributed by atoms with van der Waals surface area (Å²) in [6.07, 6.45) is 4.64. The molecule has 2 heterocycles. The van der Waals surface area contributed by atoms with Crippen LogP contribution in [0.5, 0.6) is 5.75 Å². The Morgan fingerprint density at radius 3 is 2.74 bits per heavy atom. The smallest absolute Gasteiger partial charge is 0.254 e. The minimum Gasteiger partial charge on any atom is -0.492 e. The van der Waals surface area contributed by atoms with Crippen molar-refractivity contribution in [1.82, 2.24) is 20.1 Å². The molecule has 1 aliphatic rings. The lowest BCUT2D eigenvalue weighted by Crippen LogP contribution is -2.20. The van der Waals surface area contributed by atoms with Crippen molar-refractivity contribution >= 4 is 39.9 Å². The molecule has 31 heavy (non-hydrogen) atoms. The van der Waals surface area contributed by atoms with Crippen LogP contribution in [-0.4, -0.2) is 40.7 Å². The van der Waals surface area contributed by atoms with Crippen LogP contribution in [0.1, 0.15) is 47.2 Å². The molecule has 3 aromatic rings. The van der Waals surface area contributed by atoms with Gasteiger partial charge < -0.3 is 20.7 Å². The molecular weight excluding hydrogens is 396 g/mol. The molecule has 0 bridgehead atoms. The molecule has 9 nitrogen and oxygen atoms in total. The molecule has 1 saturated carbocycles. The van der Waals surface area contributed by atoms with Crippen LogP contribution in [0.3, 0.4) is 0 Å². The molecule has 1 aliphatic carbocycles. The Bertz CT molecular complexity index is 1250. The first-order chi connectivity index (χ1) is 16.1. The van der Waals surface area contributed by atoms with E-state index < -0.39 is 12.9 Å². The molecule has 1 fully saturated rings. The van der Waals surface area contributed by atoms with E-state index in [1.807, 2.05) is 29.9 Å². The number of carbonyl (C=O) groups is 2. The molecule has 0 unspecified atom stereocenters. The van der Waals surface area contributed by atoms with Crippen molar-refractivity contribution in [2.45, 2.75) is 32.7 Å². The normalized spacial score (nSPS) is 15.2. The largest absolute Gasteiger partial charge is 0.492 e. The lowest BCUT2D eigenvalue weighted by molar-refractivity contribution is -0.117. The highest BCUT2D eigenvalue weighted by Gasteiger charge is 2.30. The molecule has 2 amide bonds. The van der Waals surface area contributed by atoms with E-state index in [1.165, 1.54) is 19.4 Å². The van der Waals surface area contributed by atoms with Crippen molar-refractivity contribution in [3.63, 3.8) is 0 Å². The fourth-order valence-electron chi connectivity index (χ4n) is 3.40. The number of ether oxygens (including phenoxy) is 1. The van der Waals surface area contributed by atoms with E-state index in [0.29, 0.717) is 11.4 Å². The van der Waals surface area contributed by atoms with E-state index in [9.17, 15) is 9.59 Å². The summed E-state index contributed by atoms with van der Waals surface area (Å²) < 4.78 is 29.6. The standard InChI is InChI=1S/C22H26N6O3/c1-12(2)28-19-14(10-25-28)7-8-16(20(19)31-4)26-17-9-18(27-21(29)13-5-6-13)24-11-15(17)22(30)23-3/h7-13H,5-6H2,1-4H3,(H,23,30)(H2,24,26,27,29)/i3D3. The number of carbonyl (C=O) groups excluding carboxylic acids is 2. The first kappa shape index (κ1) is 17.1. The SMILES string of the molecule is [2H]C([2H])([2H])NC(=O)c1cnc(NC(=O)C2CC2)cc1Nc1ccc2cnn(C(C)C)c2c1OC. The number of hydrogen-bond acceptors (Lipinski definition) is 6. The Kier molecular flexibility index (Phi) is 4.55. The topological polar surface area (TPSA) is 110 Å². The van der Waals surface area contributed by atoms with Gasteiger partial charge in [0.15, 0.2) is 5.75 Å². The number of nitrogens with zero attached hydrogens (tertiary/aromatic N) is 3. The van der Waals surface area contributed by atoms with E-state index in [1.54, 1.807) is 12.3 Å². The molecule has 3 N–H and O–H groups in total. The Hall–Kier alpha value is -3.62. The van der Waals surface area contributed by atoms with Crippen LogP contribution in [0.2, 0.25) is 0 Å². The maximum absolute atomic E-state index is 12.7. The number of rotatable bonds is 7. The zero-order chi connectivity index (χ0) is 24.6. The second-order valence-corrected chi connectivity index (χ2v) is 7.72. The minimum atomic E-state index is -2.67. The van der Waals surface area contributed by atoms with Gasteiger partial charge in [-0.15, -0.1) is 0 Å². The van der Waals surface area contributed by atoms with Gasteiger partial charge in [-0.3, -0.25) is 14.3 Å². The maximum Gasteiger partial charge on any atom is 0.254 e. The van der Waals surface area contributed by atoms with E-state index in [2.05, 4.69) is 20.7 Å². The summed E-state index contributed by atoms with van der Waals surface area (Å²) in [6, 6.07) is 5.22. The van der Waals surface area contributed by atoms with Crippen LogP contribution in [0, 0.1) is 5.92 Å². The lowest BCUT2D eigenvalue weighted by atomic mass is 10.1. The first-order valence-corrected chi connectivity index (χ1v) is 10.0. The summed E-state index contributed by atoms with van der Waals surface area (Å²) in [6.45, 7) is 1.33. The highest BCUT2D eigenvalue weighted by Crippen LogP contribution is 2.37. The number of fused-ring (bicyclic) bond motifs is 1. The molecule has 162 valence electrons. The van der Waals surface area contributed by atoms with Crippen molar-refractivity contribution in [2.24, 2.45) is 5.92 Å². The highest BCUT2D eigenvalue weighted by molar-refractivity contribution is 6.02. The molecule has 0 atom stereocenters. The Morgan fingerprint density at radius 2 is 2.06 bits per heavy atom. The molecule has 0 aliphatic heterocycles. The second-order valence-electron chi connectivity index (χ2n) is 7.72. The summed E-state index contributed by atoms with van der Waals surface area (Å²) >= 11 is 0. The third kappa shape index (κ3) is 4.03. The molecule has 0 saturated heterocycles. The first-order valence-electron chi connectivity index (χ1n) is 11.5. The van der Waals surface area contributed by atoms with Gasteiger partial charge in [0, 0.05) is 40.7 Å². The van der Waals surface area contributed by atoms with Crippen LogP contribution in [0.4, 0.5) is 17.2 Å². The summed E-state index contributed by atoms with van der Waals surface area (Å²) in [4.78, 5) is 29.1. The van der Waals surface area contributed by atoms with Crippen LogP contribution < -0.4 is 20.7 Å². The average molecular weight is 426 g/mol. The number of anilines is 3. The number of hydrogen-bond donors (Lipinski definition) is 3. The number of methoxy groups -OCH3 is 1. The Balaban J connectivity index is 1.76. The fourth-order valence-corrected chi connectivity index (χ4v) is 3.40.